The zero-order valence-electron chi connectivity index (χ0n) is 13.8. The van der Waals surface area contributed by atoms with E-state index < -0.39 is 0 Å². The van der Waals surface area contributed by atoms with Crippen LogP contribution in [0.3, 0.4) is 0 Å². The molecule has 0 radical (unpaired) electrons. The van der Waals surface area contributed by atoms with Crippen LogP contribution in [0.1, 0.15) is 51.5 Å². The number of nitrogens with zero attached hydrogens (tertiary/aromatic N) is 1. The Hall–Kier alpha value is -1.19. The summed E-state index contributed by atoms with van der Waals surface area (Å²) < 4.78 is 0. The first-order valence-electron chi connectivity index (χ1n) is 7.73. The number of thiazole rings is 1. The lowest BCUT2D eigenvalue weighted by molar-refractivity contribution is 0.534. The first kappa shape index (κ1) is 16.2. The highest BCUT2D eigenvalue weighted by Crippen LogP contribution is 2.27. The van der Waals surface area contributed by atoms with Gasteiger partial charge in [0.2, 0.25) is 0 Å². The van der Waals surface area contributed by atoms with E-state index in [-0.39, 0.29) is 0 Å². The minimum atomic E-state index is 0.372. The van der Waals surface area contributed by atoms with E-state index in [1.54, 1.807) is 11.3 Å². The molecule has 3 heteroatoms. The Morgan fingerprint density at radius 2 is 1.81 bits per heavy atom. The standard InChI is InChI=1S/C18H26N2S/c1-6-7-19-17(18-11-20-15(5)21-18)10-16-13(3)8-12(2)9-14(16)4/h8-9,11,17,19H,6-7,10H2,1-5H3. The molecular weight excluding hydrogens is 276 g/mol. The normalized spacial score (nSPS) is 12.6. The van der Waals surface area contributed by atoms with Gasteiger partial charge in [-0.25, -0.2) is 4.98 Å². The van der Waals surface area contributed by atoms with Crippen LogP contribution in [0.25, 0.3) is 0 Å². The molecule has 1 aromatic heterocycles. The van der Waals surface area contributed by atoms with E-state index in [1.165, 1.54) is 27.1 Å². The number of hydrogen-bond acceptors (Lipinski definition) is 3. The second-order valence-corrected chi connectivity index (χ2v) is 7.14. The summed E-state index contributed by atoms with van der Waals surface area (Å²) >= 11 is 1.81. The Kier molecular flexibility index (Phi) is 5.54. The monoisotopic (exact) mass is 302 g/mol. The molecule has 0 aliphatic heterocycles. The van der Waals surface area contributed by atoms with Crippen LogP contribution in [-0.2, 0) is 6.42 Å². The van der Waals surface area contributed by atoms with E-state index in [4.69, 9.17) is 0 Å². The van der Waals surface area contributed by atoms with E-state index in [2.05, 4.69) is 57.1 Å². The number of aromatic nitrogens is 1. The fourth-order valence-corrected chi connectivity index (χ4v) is 3.73. The first-order chi connectivity index (χ1) is 10.0. The number of rotatable bonds is 6. The largest absolute Gasteiger partial charge is 0.309 e. The molecule has 2 nitrogen and oxygen atoms in total. The zero-order valence-corrected chi connectivity index (χ0v) is 14.6. The summed E-state index contributed by atoms with van der Waals surface area (Å²) in [5.41, 5.74) is 5.62. The highest BCUT2D eigenvalue weighted by atomic mass is 32.1. The van der Waals surface area contributed by atoms with Gasteiger partial charge in [0.1, 0.15) is 0 Å². The molecule has 1 unspecified atom stereocenters. The van der Waals surface area contributed by atoms with Crippen molar-refractivity contribution in [3.8, 4) is 0 Å². The molecule has 114 valence electrons. The van der Waals surface area contributed by atoms with Gasteiger partial charge in [-0.1, -0.05) is 24.6 Å². The fourth-order valence-electron chi connectivity index (χ4n) is 2.87. The summed E-state index contributed by atoms with van der Waals surface area (Å²) in [5.74, 6) is 0. The second kappa shape index (κ2) is 7.19. The predicted octanol–water partition coefficient (Wildman–Crippen LogP) is 4.66. The second-order valence-electron chi connectivity index (χ2n) is 5.87. The van der Waals surface area contributed by atoms with E-state index >= 15 is 0 Å². The molecular formula is C18H26N2S. The van der Waals surface area contributed by atoms with Gasteiger partial charge < -0.3 is 5.32 Å². The lowest BCUT2D eigenvalue weighted by Crippen LogP contribution is -2.24. The van der Waals surface area contributed by atoms with Crippen LogP contribution < -0.4 is 5.32 Å². The van der Waals surface area contributed by atoms with Gasteiger partial charge in [0, 0.05) is 17.1 Å². The van der Waals surface area contributed by atoms with Crippen LogP contribution in [0.4, 0.5) is 0 Å². The topological polar surface area (TPSA) is 24.9 Å². The molecule has 0 fully saturated rings. The van der Waals surface area contributed by atoms with Crippen LogP contribution >= 0.6 is 11.3 Å². The quantitative estimate of drug-likeness (QED) is 0.839. The fraction of sp³-hybridized carbons (Fsp3) is 0.500. The van der Waals surface area contributed by atoms with Gasteiger partial charge in [-0.3, -0.25) is 0 Å². The van der Waals surface area contributed by atoms with Gasteiger partial charge in [-0.05, 0) is 63.8 Å². The summed E-state index contributed by atoms with van der Waals surface area (Å²) in [5, 5.41) is 4.83. The predicted molar refractivity (Wildman–Crippen MR) is 92.2 cm³/mol. The minimum absolute atomic E-state index is 0.372. The zero-order chi connectivity index (χ0) is 15.4. The first-order valence-corrected chi connectivity index (χ1v) is 8.55. The van der Waals surface area contributed by atoms with Crippen molar-refractivity contribution in [1.82, 2.24) is 10.3 Å². The maximum atomic E-state index is 4.42. The lowest BCUT2D eigenvalue weighted by Gasteiger charge is -2.20. The molecule has 1 heterocycles. The highest BCUT2D eigenvalue weighted by molar-refractivity contribution is 7.11. The van der Waals surface area contributed by atoms with Crippen LogP contribution in [0.2, 0.25) is 0 Å². The molecule has 1 N–H and O–H groups in total. The van der Waals surface area contributed by atoms with Gasteiger partial charge in [-0.15, -0.1) is 11.3 Å². The van der Waals surface area contributed by atoms with Crippen LogP contribution in [-0.4, -0.2) is 11.5 Å². The van der Waals surface area contributed by atoms with Crippen molar-refractivity contribution in [2.24, 2.45) is 0 Å². The molecule has 0 amide bonds. The molecule has 2 rings (SSSR count). The third-order valence-corrected chi connectivity index (χ3v) is 4.90. The molecule has 1 aromatic carbocycles. The smallest absolute Gasteiger partial charge is 0.0897 e. The molecule has 0 spiro atoms. The van der Waals surface area contributed by atoms with Crippen LogP contribution in [0, 0.1) is 27.7 Å². The summed E-state index contributed by atoms with van der Waals surface area (Å²) in [7, 11) is 0. The van der Waals surface area contributed by atoms with Gasteiger partial charge in [0.15, 0.2) is 0 Å². The van der Waals surface area contributed by atoms with Crippen molar-refractivity contribution in [2.75, 3.05) is 6.54 Å². The molecule has 0 saturated carbocycles. The summed E-state index contributed by atoms with van der Waals surface area (Å²) in [6.07, 6.45) is 4.23. The Bertz CT molecular complexity index is 578. The summed E-state index contributed by atoms with van der Waals surface area (Å²) in [6, 6.07) is 4.95. The SMILES string of the molecule is CCCNC(Cc1c(C)cc(C)cc1C)c1cnc(C)s1. The van der Waals surface area contributed by atoms with Crippen molar-refractivity contribution >= 4 is 11.3 Å². The summed E-state index contributed by atoms with van der Waals surface area (Å²) in [6.45, 7) is 12.0. The van der Waals surface area contributed by atoms with E-state index in [1.807, 2.05) is 6.20 Å². The molecule has 0 aliphatic carbocycles. The Labute approximate surface area is 132 Å². The van der Waals surface area contributed by atoms with Crippen molar-refractivity contribution in [1.29, 1.82) is 0 Å². The van der Waals surface area contributed by atoms with Crippen LogP contribution in [0.5, 0.6) is 0 Å². The van der Waals surface area contributed by atoms with Crippen molar-refractivity contribution in [2.45, 2.75) is 53.5 Å². The molecule has 0 saturated heterocycles. The van der Waals surface area contributed by atoms with Gasteiger partial charge >= 0.3 is 0 Å². The number of nitrogens with one attached hydrogen (secondary N) is 1. The van der Waals surface area contributed by atoms with Crippen molar-refractivity contribution in [3.05, 3.63) is 50.5 Å². The maximum absolute atomic E-state index is 4.42. The molecule has 1 atom stereocenters. The van der Waals surface area contributed by atoms with E-state index in [9.17, 15) is 0 Å². The van der Waals surface area contributed by atoms with E-state index in [0.29, 0.717) is 6.04 Å². The molecule has 0 aliphatic rings. The third-order valence-electron chi connectivity index (χ3n) is 3.87. The Morgan fingerprint density at radius 3 is 2.33 bits per heavy atom. The summed E-state index contributed by atoms with van der Waals surface area (Å²) in [4.78, 5) is 5.77. The Morgan fingerprint density at radius 1 is 1.14 bits per heavy atom. The average Bonchev–Trinajstić information content (AvgIpc) is 2.83. The Balaban J connectivity index is 2.27. The minimum Gasteiger partial charge on any atom is -0.309 e. The molecule has 0 bridgehead atoms. The molecule has 21 heavy (non-hydrogen) atoms. The number of aryl methyl sites for hydroxylation is 4. The maximum Gasteiger partial charge on any atom is 0.0897 e. The van der Waals surface area contributed by atoms with Crippen LogP contribution in [0.15, 0.2) is 18.3 Å². The third kappa shape index (κ3) is 4.14. The van der Waals surface area contributed by atoms with Crippen molar-refractivity contribution in [3.63, 3.8) is 0 Å². The number of benzene rings is 1. The highest BCUT2D eigenvalue weighted by Gasteiger charge is 2.16. The van der Waals surface area contributed by atoms with Gasteiger partial charge in [0.25, 0.3) is 0 Å². The van der Waals surface area contributed by atoms with Crippen molar-refractivity contribution < 1.29 is 0 Å². The van der Waals surface area contributed by atoms with E-state index in [0.717, 1.165) is 24.4 Å². The van der Waals surface area contributed by atoms with Gasteiger partial charge in [-0.2, -0.15) is 0 Å². The average molecular weight is 302 g/mol. The lowest BCUT2D eigenvalue weighted by atomic mass is 9.94. The molecule has 2 aromatic rings. The van der Waals surface area contributed by atoms with Gasteiger partial charge in [0.05, 0.1) is 5.01 Å². The number of hydrogen-bond donors (Lipinski definition) is 1.